The van der Waals surface area contributed by atoms with Crippen molar-refractivity contribution >= 4 is 10.1 Å². The van der Waals surface area contributed by atoms with Crippen LogP contribution in [-0.2, 0) is 10.1 Å². The molecule has 0 radical (unpaired) electrons. The fraction of sp³-hybridized carbons (Fsp3) is 0.389. The highest BCUT2D eigenvalue weighted by atomic mass is 32.2. The van der Waals surface area contributed by atoms with Crippen LogP contribution in [-0.4, -0.2) is 13.1 Å². The normalized spacial score (nSPS) is 16.0. The molecule has 0 bridgehead atoms. The van der Waals surface area contributed by atoms with Gasteiger partial charge in [0.05, 0.1) is 5.69 Å². The first-order valence-corrected chi connectivity index (χ1v) is 9.62. The van der Waals surface area contributed by atoms with Crippen LogP contribution in [0.4, 0.5) is 0 Å². The molecular weight excluding hydrogens is 326 g/mol. The van der Waals surface area contributed by atoms with Crippen molar-refractivity contribution in [2.24, 2.45) is 0 Å². The zero-order valence-corrected chi connectivity index (χ0v) is 14.5. The highest BCUT2D eigenvalue weighted by Crippen LogP contribution is 2.32. The van der Waals surface area contributed by atoms with Gasteiger partial charge in [-0.05, 0) is 43.5 Å². The van der Waals surface area contributed by atoms with Gasteiger partial charge in [-0.1, -0.05) is 37.5 Å². The van der Waals surface area contributed by atoms with E-state index in [1.165, 1.54) is 24.6 Å². The van der Waals surface area contributed by atoms with Gasteiger partial charge in [0.2, 0.25) is 0 Å². The van der Waals surface area contributed by atoms with Crippen molar-refractivity contribution in [3.05, 3.63) is 64.1 Å². The summed E-state index contributed by atoms with van der Waals surface area (Å²) in [7, 11) is -4.05. The van der Waals surface area contributed by atoms with Crippen molar-refractivity contribution in [3.8, 4) is 0 Å². The molecule has 6 heteroatoms. The molecule has 24 heavy (non-hydrogen) atoms. The van der Waals surface area contributed by atoms with Crippen molar-refractivity contribution in [2.75, 3.05) is 0 Å². The van der Waals surface area contributed by atoms with E-state index in [4.69, 9.17) is 4.28 Å². The monoisotopic (exact) mass is 347 g/mol. The van der Waals surface area contributed by atoms with Crippen LogP contribution in [0.2, 0.25) is 0 Å². The van der Waals surface area contributed by atoms with Crippen LogP contribution in [0, 0.1) is 6.92 Å². The van der Waals surface area contributed by atoms with Gasteiger partial charge in [-0.2, -0.15) is 8.42 Å². The Morgan fingerprint density at radius 1 is 1.04 bits per heavy atom. The number of hydrogen-bond donors (Lipinski definition) is 0. The number of pyridine rings is 1. The topological polar surface area (TPSA) is 65.4 Å². The molecule has 1 heterocycles. The molecule has 1 aliphatic rings. The summed E-state index contributed by atoms with van der Waals surface area (Å²) in [5.41, 5.74) is 1.02. The van der Waals surface area contributed by atoms with Crippen molar-refractivity contribution in [3.63, 3.8) is 0 Å². The van der Waals surface area contributed by atoms with Crippen LogP contribution in [0.15, 0.2) is 52.2 Å². The quantitative estimate of drug-likeness (QED) is 0.853. The fourth-order valence-corrected chi connectivity index (χ4v) is 4.14. The molecule has 0 saturated heterocycles. The van der Waals surface area contributed by atoms with Crippen molar-refractivity contribution in [2.45, 2.75) is 49.8 Å². The molecular formula is C18H21NO4S. The lowest BCUT2D eigenvalue weighted by Gasteiger charge is -2.24. The SMILES string of the molecule is Cc1cc(C2CCCCC2)n(OS(=O)(=O)c2ccccc2)c(=O)c1. The number of aromatic nitrogens is 1. The summed E-state index contributed by atoms with van der Waals surface area (Å²) in [6.07, 6.45) is 5.22. The van der Waals surface area contributed by atoms with Gasteiger partial charge in [0, 0.05) is 12.0 Å². The Bertz CT molecular complexity index is 866. The van der Waals surface area contributed by atoms with E-state index < -0.39 is 15.7 Å². The second-order valence-electron chi connectivity index (χ2n) is 6.27. The minimum atomic E-state index is -4.05. The Hall–Kier alpha value is -2.08. The molecule has 1 aromatic heterocycles. The molecule has 1 aromatic carbocycles. The zero-order valence-electron chi connectivity index (χ0n) is 13.6. The van der Waals surface area contributed by atoms with Crippen LogP contribution in [0.5, 0.6) is 0 Å². The smallest absolute Gasteiger partial charge is 0.280 e. The highest BCUT2D eigenvalue weighted by Gasteiger charge is 2.24. The van der Waals surface area contributed by atoms with E-state index in [2.05, 4.69) is 0 Å². The Morgan fingerprint density at radius 2 is 1.71 bits per heavy atom. The van der Waals surface area contributed by atoms with Gasteiger partial charge in [-0.15, -0.1) is 4.73 Å². The predicted octanol–water partition coefficient (Wildman–Crippen LogP) is 3.02. The van der Waals surface area contributed by atoms with E-state index in [-0.39, 0.29) is 10.8 Å². The largest absolute Gasteiger partial charge is 0.357 e. The first-order chi connectivity index (χ1) is 11.5. The third-order valence-corrected chi connectivity index (χ3v) is 5.58. The molecule has 0 N–H and O–H groups in total. The summed E-state index contributed by atoms with van der Waals surface area (Å²) >= 11 is 0. The molecule has 3 rings (SSSR count). The summed E-state index contributed by atoms with van der Waals surface area (Å²) in [6.45, 7) is 1.84. The molecule has 2 aromatic rings. The van der Waals surface area contributed by atoms with Crippen LogP contribution in [0.3, 0.4) is 0 Å². The maximum atomic E-state index is 12.5. The van der Waals surface area contributed by atoms with Gasteiger partial charge in [0.1, 0.15) is 4.90 Å². The van der Waals surface area contributed by atoms with E-state index in [9.17, 15) is 13.2 Å². The van der Waals surface area contributed by atoms with E-state index in [0.717, 1.165) is 36.0 Å². The molecule has 0 amide bonds. The van der Waals surface area contributed by atoms with Crippen molar-refractivity contribution < 1.29 is 12.7 Å². The maximum Gasteiger partial charge on any atom is 0.357 e. The second-order valence-corrected chi connectivity index (χ2v) is 7.80. The molecule has 128 valence electrons. The first-order valence-electron chi connectivity index (χ1n) is 8.21. The van der Waals surface area contributed by atoms with E-state index in [0.29, 0.717) is 5.69 Å². The summed E-state index contributed by atoms with van der Waals surface area (Å²) in [6, 6.07) is 11.1. The molecule has 1 fully saturated rings. The summed E-state index contributed by atoms with van der Waals surface area (Å²) in [4.78, 5) is 12.4. The lowest BCUT2D eigenvalue weighted by molar-refractivity contribution is 0.241. The zero-order chi connectivity index (χ0) is 17.2. The van der Waals surface area contributed by atoms with Gasteiger partial charge < -0.3 is 0 Å². The first kappa shape index (κ1) is 16.8. The second kappa shape index (κ2) is 6.81. The Balaban J connectivity index is 2.02. The van der Waals surface area contributed by atoms with Crippen LogP contribution < -0.4 is 9.84 Å². The number of aryl methyl sites for hydroxylation is 1. The molecule has 1 saturated carbocycles. The van der Waals surface area contributed by atoms with Gasteiger partial charge in [0.15, 0.2) is 0 Å². The summed E-state index contributed by atoms with van der Waals surface area (Å²) in [5.74, 6) is 0.150. The van der Waals surface area contributed by atoms with E-state index in [1.807, 2.05) is 13.0 Å². The van der Waals surface area contributed by atoms with Gasteiger partial charge >= 0.3 is 10.1 Å². The number of benzene rings is 1. The lowest BCUT2D eigenvalue weighted by Crippen LogP contribution is -2.34. The van der Waals surface area contributed by atoms with E-state index in [1.54, 1.807) is 18.2 Å². The summed E-state index contributed by atoms with van der Waals surface area (Å²) in [5, 5.41) is 0. The van der Waals surface area contributed by atoms with E-state index >= 15 is 0 Å². The number of hydrogen-bond acceptors (Lipinski definition) is 4. The minimum Gasteiger partial charge on any atom is -0.280 e. The van der Waals surface area contributed by atoms with Gasteiger partial charge in [-0.3, -0.25) is 9.08 Å². The average molecular weight is 347 g/mol. The fourth-order valence-electron chi connectivity index (χ4n) is 3.20. The Labute approximate surface area is 142 Å². The molecule has 1 aliphatic carbocycles. The molecule has 0 atom stereocenters. The molecule has 5 nitrogen and oxygen atoms in total. The number of rotatable bonds is 4. The average Bonchev–Trinajstić information content (AvgIpc) is 2.58. The standard InChI is InChI=1S/C18H21NO4S/c1-14-12-17(15-8-4-2-5-9-15)19(18(20)13-14)23-24(21,22)16-10-6-3-7-11-16/h3,6-7,10-13,15H,2,4-5,8-9H2,1H3. The van der Waals surface area contributed by atoms with Gasteiger partial charge in [0.25, 0.3) is 5.56 Å². The highest BCUT2D eigenvalue weighted by molar-refractivity contribution is 7.87. The van der Waals surface area contributed by atoms with Crippen LogP contribution in [0.25, 0.3) is 0 Å². The maximum absolute atomic E-state index is 12.5. The van der Waals surface area contributed by atoms with Gasteiger partial charge in [-0.25, -0.2) is 0 Å². The predicted molar refractivity (Wildman–Crippen MR) is 91.5 cm³/mol. The van der Waals surface area contributed by atoms with Crippen LogP contribution >= 0.6 is 0 Å². The Kier molecular flexibility index (Phi) is 4.76. The minimum absolute atomic E-state index is 0.0343. The summed E-state index contributed by atoms with van der Waals surface area (Å²) < 4.78 is 31.2. The van der Waals surface area contributed by atoms with Crippen LogP contribution in [0.1, 0.15) is 49.3 Å². The lowest BCUT2D eigenvalue weighted by atomic mass is 9.86. The molecule has 0 spiro atoms. The number of nitrogens with zero attached hydrogens (tertiary/aromatic N) is 1. The molecule has 0 unspecified atom stereocenters. The third kappa shape index (κ3) is 3.53. The van der Waals surface area contributed by atoms with Crippen molar-refractivity contribution in [1.29, 1.82) is 0 Å². The third-order valence-electron chi connectivity index (χ3n) is 4.39. The Morgan fingerprint density at radius 3 is 2.38 bits per heavy atom. The molecule has 0 aliphatic heterocycles. The van der Waals surface area contributed by atoms with Crippen molar-refractivity contribution in [1.82, 2.24) is 4.73 Å².